The van der Waals surface area contributed by atoms with Crippen LogP contribution in [0.5, 0.6) is 11.5 Å². The molecule has 7 heteroatoms. The third-order valence-corrected chi connectivity index (χ3v) is 4.33. The quantitative estimate of drug-likeness (QED) is 0.750. The molecule has 0 aliphatic carbocycles. The molecule has 1 fully saturated rings. The van der Waals surface area contributed by atoms with Gasteiger partial charge in [0.1, 0.15) is 5.70 Å². The normalized spacial score (nSPS) is 14.7. The standard InChI is InChI=1S/C20H22N2O5/c1-25-17-7-5-6-15(19(17)26-2)14-16(22-9-4-3-8-18(22)23)20(24)21-10-12-27-13-11-21/h3-9,14H,10-13H2,1-2H3/b16-14+. The molecule has 0 unspecified atom stereocenters. The number of nitrogens with zero attached hydrogens (tertiary/aromatic N) is 2. The smallest absolute Gasteiger partial charge is 0.271 e. The number of benzene rings is 1. The van der Waals surface area contributed by atoms with Crippen LogP contribution in [0.3, 0.4) is 0 Å². The van der Waals surface area contributed by atoms with Gasteiger partial charge in [0.05, 0.1) is 27.4 Å². The van der Waals surface area contributed by atoms with E-state index in [1.165, 1.54) is 17.7 Å². The lowest BCUT2D eigenvalue weighted by molar-refractivity contribution is -0.129. The van der Waals surface area contributed by atoms with E-state index < -0.39 is 0 Å². The van der Waals surface area contributed by atoms with E-state index in [4.69, 9.17) is 14.2 Å². The van der Waals surface area contributed by atoms with Crippen molar-refractivity contribution in [2.75, 3.05) is 40.5 Å². The van der Waals surface area contributed by atoms with Crippen LogP contribution >= 0.6 is 0 Å². The highest BCUT2D eigenvalue weighted by Crippen LogP contribution is 2.32. The van der Waals surface area contributed by atoms with Gasteiger partial charge < -0.3 is 19.1 Å². The predicted molar refractivity (Wildman–Crippen MR) is 102 cm³/mol. The molecule has 3 rings (SSSR count). The van der Waals surface area contributed by atoms with Gasteiger partial charge in [-0.25, -0.2) is 0 Å². The van der Waals surface area contributed by atoms with Crippen molar-refractivity contribution < 1.29 is 19.0 Å². The van der Waals surface area contributed by atoms with Crippen LogP contribution in [0.1, 0.15) is 5.56 Å². The molecule has 0 N–H and O–H groups in total. The first-order valence-corrected chi connectivity index (χ1v) is 8.63. The molecule has 1 aliphatic rings. The molecule has 27 heavy (non-hydrogen) atoms. The Kier molecular flexibility index (Phi) is 5.93. The Balaban J connectivity index is 2.13. The largest absolute Gasteiger partial charge is 0.493 e. The van der Waals surface area contributed by atoms with Gasteiger partial charge in [-0.05, 0) is 18.2 Å². The van der Waals surface area contributed by atoms with Gasteiger partial charge >= 0.3 is 0 Å². The van der Waals surface area contributed by atoms with E-state index in [1.807, 2.05) is 6.07 Å². The maximum absolute atomic E-state index is 13.2. The van der Waals surface area contributed by atoms with Gasteiger partial charge in [0.2, 0.25) is 0 Å². The van der Waals surface area contributed by atoms with E-state index in [0.717, 1.165) is 0 Å². The molecule has 1 amide bonds. The number of rotatable bonds is 5. The second-order valence-corrected chi connectivity index (χ2v) is 5.93. The average molecular weight is 370 g/mol. The summed E-state index contributed by atoms with van der Waals surface area (Å²) < 4.78 is 17.5. The molecule has 142 valence electrons. The summed E-state index contributed by atoms with van der Waals surface area (Å²) in [7, 11) is 3.08. The summed E-state index contributed by atoms with van der Waals surface area (Å²) in [6.45, 7) is 1.91. The number of amides is 1. The Morgan fingerprint density at radius 2 is 1.85 bits per heavy atom. The number of hydrogen-bond acceptors (Lipinski definition) is 5. The summed E-state index contributed by atoms with van der Waals surface area (Å²) in [5, 5.41) is 0. The van der Waals surface area contributed by atoms with Gasteiger partial charge in [0.15, 0.2) is 11.5 Å². The zero-order chi connectivity index (χ0) is 19.2. The molecule has 1 aromatic carbocycles. The van der Waals surface area contributed by atoms with E-state index in [0.29, 0.717) is 43.4 Å². The van der Waals surface area contributed by atoms with Crippen LogP contribution in [-0.2, 0) is 9.53 Å². The van der Waals surface area contributed by atoms with E-state index >= 15 is 0 Å². The first-order chi connectivity index (χ1) is 13.2. The van der Waals surface area contributed by atoms with Crippen LogP contribution in [0.25, 0.3) is 11.8 Å². The Bertz CT molecular complexity index is 897. The van der Waals surface area contributed by atoms with Crippen LogP contribution in [0.2, 0.25) is 0 Å². The molecule has 0 saturated carbocycles. The number of methoxy groups -OCH3 is 2. The SMILES string of the molecule is COc1cccc(/C=C(\C(=O)N2CCOCC2)n2ccccc2=O)c1OC. The van der Waals surface area contributed by atoms with E-state index in [1.54, 1.807) is 48.5 Å². The van der Waals surface area contributed by atoms with Crippen molar-refractivity contribution in [2.24, 2.45) is 0 Å². The molecular weight excluding hydrogens is 348 g/mol. The Morgan fingerprint density at radius 1 is 1.07 bits per heavy atom. The zero-order valence-electron chi connectivity index (χ0n) is 15.4. The first kappa shape index (κ1) is 18.7. The summed E-state index contributed by atoms with van der Waals surface area (Å²) in [6, 6.07) is 10.2. The molecule has 2 aromatic rings. The number of aromatic nitrogens is 1. The van der Waals surface area contributed by atoms with E-state index in [-0.39, 0.29) is 17.2 Å². The van der Waals surface area contributed by atoms with Crippen molar-refractivity contribution in [3.63, 3.8) is 0 Å². The molecule has 0 spiro atoms. The molecule has 1 aliphatic heterocycles. The number of para-hydroxylation sites is 1. The number of pyridine rings is 1. The summed E-state index contributed by atoms with van der Waals surface area (Å²) in [5.74, 6) is 0.803. The van der Waals surface area contributed by atoms with E-state index in [2.05, 4.69) is 0 Å². The molecule has 7 nitrogen and oxygen atoms in total. The number of hydrogen-bond donors (Lipinski definition) is 0. The van der Waals surface area contributed by atoms with Crippen LogP contribution in [0.15, 0.2) is 47.4 Å². The zero-order valence-corrected chi connectivity index (χ0v) is 15.4. The topological polar surface area (TPSA) is 70.0 Å². The first-order valence-electron chi connectivity index (χ1n) is 8.63. The van der Waals surface area contributed by atoms with Gasteiger partial charge in [0.25, 0.3) is 11.5 Å². The van der Waals surface area contributed by atoms with E-state index in [9.17, 15) is 9.59 Å². The minimum absolute atomic E-state index is 0.239. The number of carbonyl (C=O) groups is 1. The van der Waals surface area contributed by atoms with Crippen LogP contribution < -0.4 is 15.0 Å². The number of ether oxygens (including phenoxy) is 3. The van der Waals surface area contributed by atoms with Gasteiger partial charge in [-0.3, -0.25) is 14.2 Å². The lowest BCUT2D eigenvalue weighted by atomic mass is 10.1. The van der Waals surface area contributed by atoms with Crippen LogP contribution in [-0.4, -0.2) is 55.9 Å². The van der Waals surface area contributed by atoms with Gasteiger partial charge in [0, 0.05) is 30.9 Å². The monoisotopic (exact) mass is 370 g/mol. The molecular formula is C20H22N2O5. The average Bonchev–Trinajstić information content (AvgIpc) is 2.72. The Morgan fingerprint density at radius 3 is 2.52 bits per heavy atom. The van der Waals surface area contributed by atoms with Gasteiger partial charge in [-0.2, -0.15) is 0 Å². The minimum Gasteiger partial charge on any atom is -0.493 e. The van der Waals surface area contributed by atoms with Gasteiger partial charge in [-0.1, -0.05) is 18.2 Å². The van der Waals surface area contributed by atoms with Crippen LogP contribution in [0.4, 0.5) is 0 Å². The lowest BCUT2D eigenvalue weighted by Crippen LogP contribution is -2.42. The number of carbonyl (C=O) groups excluding carboxylic acids is 1. The molecule has 0 radical (unpaired) electrons. The number of morpholine rings is 1. The highest BCUT2D eigenvalue weighted by molar-refractivity contribution is 6.18. The second kappa shape index (κ2) is 8.55. The summed E-state index contributed by atoms with van der Waals surface area (Å²) in [5.41, 5.74) is 0.602. The van der Waals surface area contributed by atoms with Crippen LogP contribution in [0, 0.1) is 0 Å². The van der Waals surface area contributed by atoms with Gasteiger partial charge in [-0.15, -0.1) is 0 Å². The highest BCUT2D eigenvalue weighted by Gasteiger charge is 2.23. The maximum atomic E-state index is 13.2. The highest BCUT2D eigenvalue weighted by atomic mass is 16.5. The lowest BCUT2D eigenvalue weighted by Gasteiger charge is -2.28. The Labute approximate surface area is 157 Å². The van der Waals surface area contributed by atoms with Crippen molar-refractivity contribution in [3.8, 4) is 11.5 Å². The third-order valence-electron chi connectivity index (χ3n) is 4.33. The third kappa shape index (κ3) is 4.03. The molecule has 2 heterocycles. The van der Waals surface area contributed by atoms with Crippen molar-refractivity contribution in [1.82, 2.24) is 9.47 Å². The Hall–Kier alpha value is -3.06. The van der Waals surface area contributed by atoms with Crippen molar-refractivity contribution in [1.29, 1.82) is 0 Å². The fourth-order valence-electron chi connectivity index (χ4n) is 2.96. The summed E-state index contributed by atoms with van der Waals surface area (Å²) >= 11 is 0. The summed E-state index contributed by atoms with van der Waals surface area (Å²) in [4.78, 5) is 27.2. The molecule has 1 aromatic heterocycles. The minimum atomic E-state index is -0.285. The summed E-state index contributed by atoms with van der Waals surface area (Å²) in [6.07, 6.45) is 3.24. The predicted octanol–water partition coefficient (Wildman–Crippen LogP) is 1.72. The fourth-order valence-corrected chi connectivity index (χ4v) is 2.96. The van der Waals surface area contributed by atoms with Crippen molar-refractivity contribution in [2.45, 2.75) is 0 Å². The maximum Gasteiger partial charge on any atom is 0.271 e. The van der Waals surface area contributed by atoms with Crippen molar-refractivity contribution in [3.05, 3.63) is 58.5 Å². The van der Waals surface area contributed by atoms with Crippen molar-refractivity contribution >= 4 is 17.7 Å². The molecule has 0 atom stereocenters. The molecule has 1 saturated heterocycles. The fraction of sp³-hybridized carbons (Fsp3) is 0.300. The molecule has 0 bridgehead atoms. The second-order valence-electron chi connectivity index (χ2n) is 5.93.